The molecule has 0 aliphatic rings. The summed E-state index contributed by atoms with van der Waals surface area (Å²) in [5, 5.41) is 11.8. The van der Waals surface area contributed by atoms with E-state index < -0.39 is 37.3 Å². The quantitative estimate of drug-likeness (QED) is 0.869. The molecule has 1 aromatic carbocycles. The van der Waals surface area contributed by atoms with Crippen molar-refractivity contribution < 1.29 is 22.7 Å². The molecule has 2 N–H and O–H groups in total. The molecule has 21 heavy (non-hydrogen) atoms. The molecular weight excluding hydrogens is 341 g/mol. The summed E-state index contributed by atoms with van der Waals surface area (Å²) in [7, 11) is -4.04. The summed E-state index contributed by atoms with van der Waals surface area (Å²) in [5.74, 6) is -2.61. The number of hydrogen-bond acceptors (Lipinski definition) is 4. The number of carboxylic acid groups (broad SMARTS) is 1. The molecule has 0 spiro atoms. The van der Waals surface area contributed by atoms with E-state index in [-0.39, 0.29) is 6.54 Å². The molecule has 2 aromatic rings. The summed E-state index contributed by atoms with van der Waals surface area (Å²) >= 11 is 6.91. The smallest absolute Gasteiger partial charge is 0.337 e. The molecule has 112 valence electrons. The number of thiophene rings is 1. The molecule has 0 radical (unpaired) electrons. The molecule has 0 amide bonds. The predicted molar refractivity (Wildman–Crippen MR) is 76.7 cm³/mol. The molecule has 9 heteroatoms. The second-order valence-electron chi connectivity index (χ2n) is 4.03. The van der Waals surface area contributed by atoms with E-state index in [2.05, 4.69) is 4.72 Å². The molecule has 0 aliphatic carbocycles. The normalized spacial score (nSPS) is 11.5. The fourth-order valence-corrected chi connectivity index (χ4v) is 3.44. The molecule has 1 aromatic heterocycles. The van der Waals surface area contributed by atoms with E-state index >= 15 is 0 Å². The number of nitrogens with one attached hydrogen (secondary N) is 1. The van der Waals surface area contributed by atoms with Crippen LogP contribution in [0.4, 0.5) is 4.39 Å². The van der Waals surface area contributed by atoms with Crippen LogP contribution in [-0.4, -0.2) is 19.5 Å². The van der Waals surface area contributed by atoms with Crippen LogP contribution < -0.4 is 4.72 Å². The number of rotatable bonds is 5. The van der Waals surface area contributed by atoms with Gasteiger partial charge in [-0.05, 0) is 34.5 Å². The van der Waals surface area contributed by atoms with E-state index in [1.807, 2.05) is 0 Å². The third-order valence-electron chi connectivity index (χ3n) is 2.59. The SMILES string of the molecule is O=C(O)c1cc(S(=O)(=O)NCc2ccsc2)cc(F)c1Cl. The first-order chi connectivity index (χ1) is 9.81. The van der Waals surface area contributed by atoms with Gasteiger partial charge in [-0.3, -0.25) is 0 Å². The first-order valence-electron chi connectivity index (χ1n) is 5.54. The predicted octanol–water partition coefficient (Wildman–Crippen LogP) is 2.72. The second-order valence-corrected chi connectivity index (χ2v) is 6.95. The molecule has 0 fully saturated rings. The Kier molecular flexibility index (Phi) is 4.62. The van der Waals surface area contributed by atoms with E-state index in [0.29, 0.717) is 6.07 Å². The number of halogens is 2. The fourth-order valence-electron chi connectivity index (χ4n) is 1.53. The Hall–Kier alpha value is -1.48. The van der Waals surface area contributed by atoms with Gasteiger partial charge in [-0.15, -0.1) is 0 Å². The Labute approximate surface area is 129 Å². The van der Waals surface area contributed by atoms with E-state index in [1.54, 1.807) is 16.8 Å². The lowest BCUT2D eigenvalue weighted by atomic mass is 10.2. The van der Waals surface area contributed by atoms with E-state index in [0.717, 1.165) is 11.6 Å². The largest absolute Gasteiger partial charge is 0.478 e. The highest BCUT2D eigenvalue weighted by atomic mass is 35.5. The number of aromatic carboxylic acids is 1. The van der Waals surface area contributed by atoms with E-state index in [9.17, 15) is 17.6 Å². The van der Waals surface area contributed by atoms with Crippen LogP contribution in [0.5, 0.6) is 0 Å². The Balaban J connectivity index is 2.33. The Morgan fingerprint density at radius 3 is 2.71 bits per heavy atom. The molecule has 0 unspecified atom stereocenters. The standard InChI is InChI=1S/C12H9ClFNO4S2/c13-11-9(12(16)17)3-8(4-10(11)14)21(18,19)15-5-7-1-2-20-6-7/h1-4,6,15H,5H2,(H,16,17). The van der Waals surface area contributed by atoms with Gasteiger partial charge in [0.1, 0.15) is 5.82 Å². The Morgan fingerprint density at radius 2 is 2.14 bits per heavy atom. The van der Waals surface area contributed by atoms with Crippen molar-refractivity contribution in [1.82, 2.24) is 4.72 Å². The fraction of sp³-hybridized carbons (Fsp3) is 0.0833. The maximum atomic E-state index is 13.6. The third kappa shape index (κ3) is 3.59. The van der Waals surface area contributed by atoms with Crippen molar-refractivity contribution in [2.75, 3.05) is 0 Å². The van der Waals surface area contributed by atoms with Gasteiger partial charge in [-0.25, -0.2) is 22.3 Å². The minimum absolute atomic E-state index is 0.0263. The molecule has 0 bridgehead atoms. The van der Waals surface area contributed by atoms with Gasteiger partial charge in [0.15, 0.2) is 0 Å². The molecule has 0 aliphatic heterocycles. The molecule has 5 nitrogen and oxygen atoms in total. The molecule has 0 saturated heterocycles. The molecule has 0 saturated carbocycles. The first-order valence-corrected chi connectivity index (χ1v) is 8.35. The minimum Gasteiger partial charge on any atom is -0.478 e. The number of hydrogen-bond donors (Lipinski definition) is 2. The summed E-state index contributed by atoms with van der Waals surface area (Å²) in [5.41, 5.74) is 0.143. The van der Waals surface area contributed by atoms with Gasteiger partial charge in [0.2, 0.25) is 10.0 Å². The van der Waals surface area contributed by atoms with Gasteiger partial charge in [0, 0.05) is 6.54 Å². The maximum absolute atomic E-state index is 13.6. The van der Waals surface area contributed by atoms with Crippen LogP contribution in [0.3, 0.4) is 0 Å². The van der Waals surface area contributed by atoms with Crippen LogP contribution in [0.2, 0.25) is 5.02 Å². The van der Waals surface area contributed by atoms with Crippen LogP contribution >= 0.6 is 22.9 Å². The van der Waals surface area contributed by atoms with Crippen molar-refractivity contribution in [2.45, 2.75) is 11.4 Å². The van der Waals surface area contributed by atoms with Crippen LogP contribution in [0.25, 0.3) is 0 Å². The average Bonchev–Trinajstić information content (AvgIpc) is 2.92. The van der Waals surface area contributed by atoms with Gasteiger partial charge in [-0.1, -0.05) is 11.6 Å². The maximum Gasteiger partial charge on any atom is 0.337 e. The van der Waals surface area contributed by atoms with Gasteiger partial charge in [0.25, 0.3) is 0 Å². The van der Waals surface area contributed by atoms with Crippen molar-refractivity contribution in [2.24, 2.45) is 0 Å². The zero-order valence-electron chi connectivity index (χ0n) is 10.3. The van der Waals surface area contributed by atoms with Crippen LogP contribution in [-0.2, 0) is 16.6 Å². The summed E-state index contributed by atoms with van der Waals surface area (Å²) in [4.78, 5) is 10.4. The lowest BCUT2D eigenvalue weighted by Crippen LogP contribution is -2.23. The summed E-state index contributed by atoms with van der Waals surface area (Å²) in [6.45, 7) is 0.0263. The van der Waals surface area contributed by atoms with Crippen molar-refractivity contribution in [3.8, 4) is 0 Å². The Bertz CT molecular complexity index is 775. The monoisotopic (exact) mass is 349 g/mol. The van der Waals surface area contributed by atoms with Crippen molar-refractivity contribution >= 4 is 38.9 Å². The summed E-state index contributed by atoms with van der Waals surface area (Å²) in [6.07, 6.45) is 0. The van der Waals surface area contributed by atoms with Crippen LogP contribution in [0, 0.1) is 5.82 Å². The van der Waals surface area contributed by atoms with Crippen molar-refractivity contribution in [1.29, 1.82) is 0 Å². The van der Waals surface area contributed by atoms with Crippen LogP contribution in [0.1, 0.15) is 15.9 Å². The number of benzene rings is 1. The first kappa shape index (κ1) is 15.9. The third-order valence-corrected chi connectivity index (χ3v) is 5.09. The number of sulfonamides is 1. The van der Waals surface area contributed by atoms with Gasteiger partial charge < -0.3 is 5.11 Å². The lowest BCUT2D eigenvalue weighted by Gasteiger charge is -2.08. The van der Waals surface area contributed by atoms with Crippen molar-refractivity contribution in [3.05, 3.63) is 50.9 Å². The topological polar surface area (TPSA) is 83.5 Å². The van der Waals surface area contributed by atoms with E-state index in [4.69, 9.17) is 16.7 Å². The minimum atomic E-state index is -4.04. The molecule has 2 rings (SSSR count). The number of carbonyl (C=O) groups is 1. The van der Waals surface area contributed by atoms with E-state index in [1.165, 1.54) is 11.3 Å². The Morgan fingerprint density at radius 1 is 1.43 bits per heavy atom. The van der Waals surface area contributed by atoms with Gasteiger partial charge in [-0.2, -0.15) is 11.3 Å². The average molecular weight is 350 g/mol. The lowest BCUT2D eigenvalue weighted by molar-refractivity contribution is 0.0696. The molecular formula is C12H9ClFNO4S2. The van der Waals surface area contributed by atoms with Gasteiger partial charge in [0.05, 0.1) is 15.5 Å². The second kappa shape index (κ2) is 6.10. The number of carboxylic acids is 1. The van der Waals surface area contributed by atoms with Crippen LogP contribution in [0.15, 0.2) is 33.9 Å². The molecule has 0 atom stereocenters. The van der Waals surface area contributed by atoms with Gasteiger partial charge >= 0.3 is 5.97 Å². The summed E-state index contributed by atoms with van der Waals surface area (Å²) < 4.78 is 39.9. The summed E-state index contributed by atoms with van der Waals surface area (Å²) in [6, 6.07) is 3.24. The highest BCUT2D eigenvalue weighted by molar-refractivity contribution is 7.89. The van der Waals surface area contributed by atoms with Crippen molar-refractivity contribution in [3.63, 3.8) is 0 Å². The highest BCUT2D eigenvalue weighted by Gasteiger charge is 2.21. The zero-order valence-corrected chi connectivity index (χ0v) is 12.7. The zero-order chi connectivity index (χ0) is 15.6. The highest BCUT2D eigenvalue weighted by Crippen LogP contribution is 2.24. The molecule has 1 heterocycles.